The number of hydrogen-bond acceptors (Lipinski definition) is 5. The molecule has 3 aromatic rings. The van der Waals surface area contributed by atoms with Crippen molar-refractivity contribution in [3.05, 3.63) is 59.8 Å². The first-order valence-electron chi connectivity index (χ1n) is 12.7. The molecule has 2 saturated heterocycles. The van der Waals surface area contributed by atoms with Crippen LogP contribution in [0.5, 0.6) is 0 Å². The molecule has 0 spiro atoms. The van der Waals surface area contributed by atoms with Gasteiger partial charge in [0.25, 0.3) is 0 Å². The first-order valence-corrected chi connectivity index (χ1v) is 12.7. The van der Waals surface area contributed by atoms with Crippen LogP contribution in [0.3, 0.4) is 0 Å². The van der Waals surface area contributed by atoms with Gasteiger partial charge >= 0.3 is 0 Å². The number of piperazine rings is 1. The van der Waals surface area contributed by atoms with Crippen LogP contribution in [0.15, 0.2) is 48.5 Å². The van der Waals surface area contributed by atoms with Crippen molar-refractivity contribution in [1.82, 2.24) is 14.9 Å². The van der Waals surface area contributed by atoms with Crippen molar-refractivity contribution < 1.29 is 9.59 Å². The minimum absolute atomic E-state index is 0.0327. The number of unbranched alkanes of at least 4 members (excludes halogenated alkanes) is 1. The first-order chi connectivity index (χ1) is 17.0. The van der Waals surface area contributed by atoms with Gasteiger partial charge in [-0.3, -0.25) is 9.59 Å². The van der Waals surface area contributed by atoms with Crippen LogP contribution >= 0.6 is 0 Å². The van der Waals surface area contributed by atoms with Crippen LogP contribution in [0.1, 0.15) is 37.4 Å². The summed E-state index contributed by atoms with van der Waals surface area (Å²) in [6.45, 7) is 7.31. The predicted octanol–water partition coefficient (Wildman–Crippen LogP) is 3.98. The second-order valence-corrected chi connectivity index (χ2v) is 9.61. The number of benzene rings is 2. The Balaban J connectivity index is 1.20. The van der Waals surface area contributed by atoms with Crippen LogP contribution in [0.25, 0.3) is 11.0 Å². The molecule has 35 heavy (non-hydrogen) atoms. The van der Waals surface area contributed by atoms with Crippen LogP contribution in [-0.4, -0.2) is 59.4 Å². The fraction of sp³-hybridized carbons (Fsp3) is 0.429. The third kappa shape index (κ3) is 4.85. The molecule has 2 aliphatic rings. The van der Waals surface area contributed by atoms with Crippen molar-refractivity contribution in [1.29, 1.82) is 0 Å². The van der Waals surface area contributed by atoms with Gasteiger partial charge in [0, 0.05) is 44.8 Å². The number of carbonyl (C=O) groups excluding carboxylic acids is 2. The second kappa shape index (κ2) is 10.0. The van der Waals surface area contributed by atoms with Gasteiger partial charge in [0.05, 0.1) is 22.6 Å². The molecule has 2 aliphatic heterocycles. The summed E-state index contributed by atoms with van der Waals surface area (Å²) in [5.74, 6) is 0.725. The molecule has 0 radical (unpaired) electrons. The fourth-order valence-corrected chi connectivity index (χ4v) is 5.12. The van der Waals surface area contributed by atoms with Crippen molar-refractivity contribution in [2.75, 3.05) is 42.5 Å². The lowest BCUT2D eigenvalue weighted by Gasteiger charge is -2.36. The number of aromatic nitrogens is 2. The normalized spacial score (nSPS) is 18.5. The third-order valence-corrected chi connectivity index (χ3v) is 7.15. The molecule has 1 unspecified atom stereocenters. The van der Waals surface area contributed by atoms with Gasteiger partial charge in [-0.25, -0.2) is 9.97 Å². The minimum Gasteiger partial charge on any atom is -0.352 e. The van der Waals surface area contributed by atoms with E-state index in [1.165, 1.54) is 18.4 Å². The van der Waals surface area contributed by atoms with Crippen LogP contribution in [0.2, 0.25) is 0 Å². The number of carbonyl (C=O) groups is 2. The van der Waals surface area contributed by atoms with Gasteiger partial charge in [0.1, 0.15) is 0 Å². The number of anilines is 2. The Morgan fingerprint density at radius 3 is 2.34 bits per heavy atom. The monoisotopic (exact) mass is 471 g/mol. The van der Waals surface area contributed by atoms with Crippen molar-refractivity contribution in [3.8, 4) is 0 Å². The van der Waals surface area contributed by atoms with Crippen LogP contribution in [0, 0.1) is 12.8 Å². The van der Waals surface area contributed by atoms with E-state index in [0.717, 1.165) is 34.7 Å². The lowest BCUT2D eigenvalue weighted by molar-refractivity contribution is -0.136. The Labute approximate surface area is 206 Å². The number of hydrogen-bond donors (Lipinski definition) is 0. The summed E-state index contributed by atoms with van der Waals surface area (Å²) in [5.41, 5.74) is 4.87. The van der Waals surface area contributed by atoms with Crippen LogP contribution < -0.4 is 9.80 Å². The van der Waals surface area contributed by atoms with E-state index in [1.807, 2.05) is 48.2 Å². The Hall–Kier alpha value is -3.48. The largest absolute Gasteiger partial charge is 0.352 e. The lowest BCUT2D eigenvalue weighted by atomic mass is 10.1. The van der Waals surface area contributed by atoms with Crippen molar-refractivity contribution >= 4 is 34.4 Å². The van der Waals surface area contributed by atoms with E-state index in [0.29, 0.717) is 32.7 Å². The second-order valence-electron chi connectivity index (χ2n) is 9.61. The maximum atomic E-state index is 13.3. The molecule has 7 heteroatoms. The Morgan fingerprint density at radius 1 is 0.971 bits per heavy atom. The number of amides is 2. The molecule has 0 bridgehead atoms. The van der Waals surface area contributed by atoms with Gasteiger partial charge in [0.2, 0.25) is 11.8 Å². The van der Waals surface area contributed by atoms with E-state index in [-0.39, 0.29) is 24.2 Å². The number of fused-ring (bicyclic) bond motifs is 1. The minimum atomic E-state index is -0.281. The van der Waals surface area contributed by atoms with Gasteiger partial charge in [-0.15, -0.1) is 0 Å². The predicted molar refractivity (Wildman–Crippen MR) is 139 cm³/mol. The topological polar surface area (TPSA) is 69.6 Å². The summed E-state index contributed by atoms with van der Waals surface area (Å²) < 4.78 is 0. The highest BCUT2D eigenvalue weighted by atomic mass is 16.2. The average Bonchev–Trinajstić information content (AvgIpc) is 3.28. The highest BCUT2D eigenvalue weighted by molar-refractivity contribution is 6.00. The smallest absolute Gasteiger partial charge is 0.228 e. The van der Waals surface area contributed by atoms with Crippen molar-refractivity contribution in [2.45, 2.75) is 39.5 Å². The average molecular weight is 472 g/mol. The highest BCUT2D eigenvalue weighted by Crippen LogP contribution is 2.28. The molecule has 2 aromatic carbocycles. The zero-order valence-corrected chi connectivity index (χ0v) is 20.6. The molecule has 1 aromatic heterocycles. The van der Waals surface area contributed by atoms with Gasteiger partial charge < -0.3 is 14.7 Å². The standard InChI is InChI=1S/C28H33N5O2/c1-3-4-7-21-10-12-23(13-11-21)33-19-22(18-26(33)34)28(35)32-16-14-31(15-17-32)27-20(2)29-24-8-5-6-9-25(24)30-27/h5-6,8-13,22H,3-4,7,14-19H2,1-2H3. The van der Waals surface area contributed by atoms with Gasteiger partial charge in [-0.05, 0) is 49.6 Å². The Bertz CT molecular complexity index is 1220. The first kappa shape index (κ1) is 23.3. The quantitative estimate of drug-likeness (QED) is 0.544. The van der Waals surface area contributed by atoms with E-state index in [9.17, 15) is 9.59 Å². The molecule has 3 heterocycles. The molecule has 182 valence electrons. The molecule has 1 atom stereocenters. The number of rotatable bonds is 6. The molecular weight excluding hydrogens is 438 g/mol. The van der Waals surface area contributed by atoms with E-state index in [1.54, 1.807) is 4.90 Å². The maximum Gasteiger partial charge on any atom is 0.228 e. The summed E-state index contributed by atoms with van der Waals surface area (Å²) in [5, 5.41) is 0. The van der Waals surface area contributed by atoms with Crippen LogP contribution in [0.4, 0.5) is 11.5 Å². The molecular formula is C28H33N5O2. The summed E-state index contributed by atoms with van der Waals surface area (Å²) in [4.78, 5) is 41.5. The molecule has 2 amide bonds. The van der Waals surface area contributed by atoms with E-state index in [4.69, 9.17) is 9.97 Å². The molecule has 0 N–H and O–H groups in total. The Kier molecular flexibility index (Phi) is 6.66. The molecule has 5 rings (SSSR count). The van der Waals surface area contributed by atoms with E-state index >= 15 is 0 Å². The lowest BCUT2D eigenvalue weighted by Crippen LogP contribution is -2.51. The van der Waals surface area contributed by atoms with Gasteiger partial charge in [-0.2, -0.15) is 0 Å². The Morgan fingerprint density at radius 2 is 1.66 bits per heavy atom. The van der Waals surface area contributed by atoms with Crippen molar-refractivity contribution in [3.63, 3.8) is 0 Å². The summed E-state index contributed by atoms with van der Waals surface area (Å²) >= 11 is 0. The zero-order chi connectivity index (χ0) is 24.4. The highest BCUT2D eigenvalue weighted by Gasteiger charge is 2.38. The zero-order valence-electron chi connectivity index (χ0n) is 20.6. The van der Waals surface area contributed by atoms with Crippen molar-refractivity contribution in [2.24, 2.45) is 5.92 Å². The number of nitrogens with zero attached hydrogens (tertiary/aromatic N) is 5. The summed E-state index contributed by atoms with van der Waals surface area (Å²) in [7, 11) is 0. The molecule has 0 aliphatic carbocycles. The molecule has 0 saturated carbocycles. The van der Waals surface area contributed by atoms with Gasteiger partial charge in [-0.1, -0.05) is 37.6 Å². The SMILES string of the molecule is CCCCc1ccc(N2CC(C(=O)N3CCN(c4nc5ccccc5nc4C)CC3)CC2=O)cc1. The molecule has 2 fully saturated rings. The summed E-state index contributed by atoms with van der Waals surface area (Å²) in [6, 6.07) is 16.1. The van der Waals surface area contributed by atoms with Gasteiger partial charge in [0.15, 0.2) is 5.82 Å². The molecule has 7 nitrogen and oxygen atoms in total. The summed E-state index contributed by atoms with van der Waals surface area (Å²) in [6.07, 6.45) is 3.67. The van der Waals surface area contributed by atoms with E-state index < -0.39 is 0 Å². The number of aryl methyl sites for hydroxylation is 2. The maximum absolute atomic E-state index is 13.3. The number of para-hydroxylation sites is 2. The fourth-order valence-electron chi connectivity index (χ4n) is 5.12. The van der Waals surface area contributed by atoms with Crippen LogP contribution in [-0.2, 0) is 16.0 Å². The third-order valence-electron chi connectivity index (χ3n) is 7.15. The van der Waals surface area contributed by atoms with E-state index in [2.05, 4.69) is 24.0 Å².